The summed E-state index contributed by atoms with van der Waals surface area (Å²) in [6.07, 6.45) is 4.28. The third kappa shape index (κ3) is 2.49. The molecule has 0 N–H and O–H groups in total. The third-order valence-corrected chi connectivity index (χ3v) is 5.36. The number of anilines is 1. The van der Waals surface area contributed by atoms with Gasteiger partial charge in [0.2, 0.25) is 0 Å². The molecule has 3 heterocycles. The van der Waals surface area contributed by atoms with Gasteiger partial charge in [-0.15, -0.1) is 0 Å². The summed E-state index contributed by atoms with van der Waals surface area (Å²) in [6, 6.07) is 11.1. The smallest absolute Gasteiger partial charge is 0.132 e. The highest BCUT2D eigenvalue weighted by molar-refractivity contribution is 5.76. The average molecular weight is 333 g/mol. The molecule has 5 nitrogen and oxygen atoms in total. The van der Waals surface area contributed by atoms with Gasteiger partial charge in [0.1, 0.15) is 18.0 Å². The number of nitrogens with zero attached hydrogens (tertiary/aromatic N) is 5. The molecule has 5 rings (SSSR count). The van der Waals surface area contributed by atoms with Crippen LogP contribution in [0, 0.1) is 0 Å². The maximum absolute atomic E-state index is 4.88. The van der Waals surface area contributed by atoms with E-state index in [-0.39, 0.29) is 0 Å². The van der Waals surface area contributed by atoms with Crippen molar-refractivity contribution in [3.05, 3.63) is 48.2 Å². The molecule has 0 atom stereocenters. The maximum Gasteiger partial charge on any atom is 0.132 e. The highest BCUT2D eigenvalue weighted by atomic mass is 15.3. The zero-order valence-electron chi connectivity index (χ0n) is 14.8. The van der Waals surface area contributed by atoms with Gasteiger partial charge < -0.3 is 9.47 Å². The molecule has 1 saturated heterocycles. The Morgan fingerprint density at radius 3 is 2.64 bits per heavy atom. The Labute approximate surface area is 147 Å². The third-order valence-electron chi connectivity index (χ3n) is 5.36. The molecule has 0 amide bonds. The van der Waals surface area contributed by atoms with Crippen molar-refractivity contribution in [2.45, 2.75) is 44.6 Å². The number of para-hydroxylation sites is 2. The molecule has 1 aromatic carbocycles. The molecule has 128 valence electrons. The van der Waals surface area contributed by atoms with Crippen molar-refractivity contribution in [1.29, 1.82) is 0 Å². The van der Waals surface area contributed by atoms with E-state index in [2.05, 4.69) is 63.6 Å². The molecule has 0 bridgehead atoms. The van der Waals surface area contributed by atoms with Crippen LogP contribution in [0.25, 0.3) is 11.0 Å². The van der Waals surface area contributed by atoms with Gasteiger partial charge in [0.25, 0.3) is 0 Å². The van der Waals surface area contributed by atoms with Crippen LogP contribution >= 0.6 is 0 Å². The topological polar surface area (TPSA) is 46.8 Å². The summed E-state index contributed by atoms with van der Waals surface area (Å²) >= 11 is 0. The first-order chi connectivity index (χ1) is 12.2. The van der Waals surface area contributed by atoms with Gasteiger partial charge in [0.05, 0.1) is 17.1 Å². The Hall–Kier alpha value is -2.43. The van der Waals surface area contributed by atoms with Crippen molar-refractivity contribution < 1.29 is 0 Å². The van der Waals surface area contributed by atoms with Crippen LogP contribution in [0.2, 0.25) is 0 Å². The number of rotatable bonds is 4. The summed E-state index contributed by atoms with van der Waals surface area (Å²) in [4.78, 5) is 16.2. The fourth-order valence-electron chi connectivity index (χ4n) is 3.80. The van der Waals surface area contributed by atoms with Crippen molar-refractivity contribution in [2.24, 2.45) is 0 Å². The van der Waals surface area contributed by atoms with E-state index in [0.717, 1.165) is 24.4 Å². The SMILES string of the molecule is CC(C)c1nc2ccccc2n1C1CN(c2cc(C3CC3)ncn2)C1. The van der Waals surface area contributed by atoms with Gasteiger partial charge >= 0.3 is 0 Å². The minimum absolute atomic E-state index is 0.418. The number of fused-ring (bicyclic) bond motifs is 1. The first-order valence-corrected chi connectivity index (χ1v) is 9.24. The fourth-order valence-corrected chi connectivity index (χ4v) is 3.80. The highest BCUT2D eigenvalue weighted by Crippen LogP contribution is 2.40. The molecule has 0 unspecified atom stereocenters. The predicted octanol–water partition coefficient (Wildman–Crippen LogP) is 3.89. The monoisotopic (exact) mass is 333 g/mol. The molecule has 2 aliphatic rings. The van der Waals surface area contributed by atoms with Gasteiger partial charge in [0.15, 0.2) is 0 Å². The van der Waals surface area contributed by atoms with Crippen LogP contribution in [0.5, 0.6) is 0 Å². The van der Waals surface area contributed by atoms with Crippen LogP contribution in [0.3, 0.4) is 0 Å². The average Bonchev–Trinajstić information content (AvgIpc) is 3.36. The van der Waals surface area contributed by atoms with Crippen LogP contribution in [0.1, 0.15) is 56.1 Å². The normalized spacial score (nSPS) is 18.1. The molecule has 0 radical (unpaired) electrons. The molecule has 2 aromatic heterocycles. The van der Waals surface area contributed by atoms with Gasteiger partial charge in [-0.05, 0) is 25.0 Å². The molecule has 3 aromatic rings. The van der Waals surface area contributed by atoms with Gasteiger partial charge in [-0.2, -0.15) is 0 Å². The maximum atomic E-state index is 4.88. The van der Waals surface area contributed by atoms with E-state index in [9.17, 15) is 0 Å². The number of hydrogen-bond acceptors (Lipinski definition) is 4. The van der Waals surface area contributed by atoms with Gasteiger partial charge in [-0.1, -0.05) is 26.0 Å². The lowest BCUT2D eigenvalue weighted by Gasteiger charge is -2.42. The van der Waals surface area contributed by atoms with Crippen molar-refractivity contribution >= 4 is 16.9 Å². The lowest BCUT2D eigenvalue weighted by molar-refractivity contribution is 0.390. The lowest BCUT2D eigenvalue weighted by atomic mass is 10.1. The van der Waals surface area contributed by atoms with E-state index in [1.807, 2.05) is 0 Å². The summed E-state index contributed by atoms with van der Waals surface area (Å²) < 4.78 is 2.44. The molecule has 25 heavy (non-hydrogen) atoms. The van der Waals surface area contributed by atoms with Crippen molar-refractivity contribution in [2.75, 3.05) is 18.0 Å². The van der Waals surface area contributed by atoms with Crippen LogP contribution in [0.15, 0.2) is 36.7 Å². The highest BCUT2D eigenvalue weighted by Gasteiger charge is 2.33. The molecule has 1 aliphatic heterocycles. The van der Waals surface area contributed by atoms with Crippen LogP contribution in [0.4, 0.5) is 5.82 Å². The Balaban J connectivity index is 1.42. The van der Waals surface area contributed by atoms with Gasteiger partial charge in [0, 0.05) is 36.7 Å². The molecule has 5 heteroatoms. The second-order valence-electron chi connectivity index (χ2n) is 7.62. The summed E-state index contributed by atoms with van der Waals surface area (Å²) in [5, 5.41) is 0. The van der Waals surface area contributed by atoms with E-state index in [1.165, 1.54) is 29.9 Å². The van der Waals surface area contributed by atoms with E-state index in [1.54, 1.807) is 6.33 Å². The lowest BCUT2D eigenvalue weighted by Crippen LogP contribution is -2.48. The zero-order chi connectivity index (χ0) is 17.0. The van der Waals surface area contributed by atoms with Crippen molar-refractivity contribution in [3.8, 4) is 0 Å². The van der Waals surface area contributed by atoms with E-state index in [0.29, 0.717) is 17.9 Å². The summed E-state index contributed by atoms with van der Waals surface area (Å²) in [5.41, 5.74) is 3.56. The summed E-state index contributed by atoms with van der Waals surface area (Å²) in [7, 11) is 0. The number of benzene rings is 1. The molecule has 0 spiro atoms. The standard InChI is InChI=1S/C20H23N5/c1-13(2)20-23-16-5-3-4-6-18(16)25(20)15-10-24(11-15)19-9-17(14-7-8-14)21-12-22-19/h3-6,9,12-15H,7-8,10-11H2,1-2H3. The van der Waals surface area contributed by atoms with Crippen LogP contribution in [-0.4, -0.2) is 32.6 Å². The van der Waals surface area contributed by atoms with Crippen molar-refractivity contribution in [1.82, 2.24) is 19.5 Å². The molecular weight excluding hydrogens is 310 g/mol. The first-order valence-electron chi connectivity index (χ1n) is 9.24. The quantitative estimate of drug-likeness (QED) is 0.727. The minimum atomic E-state index is 0.418. The van der Waals surface area contributed by atoms with Crippen molar-refractivity contribution in [3.63, 3.8) is 0 Å². The molecule has 1 saturated carbocycles. The number of aromatic nitrogens is 4. The second-order valence-corrected chi connectivity index (χ2v) is 7.62. The Kier molecular flexibility index (Phi) is 3.30. The zero-order valence-corrected chi connectivity index (χ0v) is 14.8. The van der Waals surface area contributed by atoms with E-state index >= 15 is 0 Å². The predicted molar refractivity (Wildman–Crippen MR) is 99.1 cm³/mol. The number of imidazole rings is 1. The van der Waals surface area contributed by atoms with Crippen LogP contribution < -0.4 is 4.90 Å². The number of hydrogen-bond donors (Lipinski definition) is 0. The Bertz CT molecular complexity index is 919. The van der Waals surface area contributed by atoms with Crippen LogP contribution in [-0.2, 0) is 0 Å². The van der Waals surface area contributed by atoms with E-state index < -0.39 is 0 Å². The minimum Gasteiger partial charge on any atom is -0.352 e. The van der Waals surface area contributed by atoms with Gasteiger partial charge in [-0.25, -0.2) is 15.0 Å². The molecular formula is C20H23N5. The molecule has 2 fully saturated rings. The second kappa shape index (κ2) is 5.55. The fraction of sp³-hybridized carbons (Fsp3) is 0.450. The van der Waals surface area contributed by atoms with Gasteiger partial charge in [-0.3, -0.25) is 0 Å². The Morgan fingerprint density at radius 1 is 1.08 bits per heavy atom. The largest absolute Gasteiger partial charge is 0.352 e. The first kappa shape index (κ1) is 14.9. The summed E-state index contributed by atoms with van der Waals surface area (Å²) in [5.74, 6) is 3.35. The Morgan fingerprint density at radius 2 is 1.88 bits per heavy atom. The van der Waals surface area contributed by atoms with E-state index in [4.69, 9.17) is 4.98 Å². The molecule has 1 aliphatic carbocycles. The summed E-state index contributed by atoms with van der Waals surface area (Å²) in [6.45, 7) is 6.42.